The Kier molecular flexibility index (Phi) is 5.58. The molecule has 1 aromatic rings. The molecule has 0 saturated heterocycles. The van der Waals surface area contributed by atoms with Crippen molar-refractivity contribution in [1.29, 1.82) is 0 Å². The summed E-state index contributed by atoms with van der Waals surface area (Å²) in [6.07, 6.45) is 0.554. The van der Waals surface area contributed by atoms with Crippen molar-refractivity contribution in [2.45, 2.75) is 51.3 Å². The fourth-order valence-electron chi connectivity index (χ4n) is 1.90. The van der Waals surface area contributed by atoms with Crippen LogP contribution in [0.15, 0.2) is 29.2 Å². The molecular weight excluding hydrogens is 286 g/mol. The highest BCUT2D eigenvalue weighted by Gasteiger charge is 2.22. The van der Waals surface area contributed by atoms with Crippen LogP contribution in [0.1, 0.15) is 46.6 Å². The maximum Gasteiger partial charge on any atom is 0.240 e. The van der Waals surface area contributed by atoms with Crippen LogP contribution in [0.25, 0.3) is 0 Å². The topological polar surface area (TPSA) is 66.4 Å². The van der Waals surface area contributed by atoms with E-state index in [0.29, 0.717) is 13.0 Å². The first kappa shape index (κ1) is 18.1. The first-order chi connectivity index (χ1) is 9.48. The minimum Gasteiger partial charge on any atom is -0.396 e. The summed E-state index contributed by atoms with van der Waals surface area (Å²) < 4.78 is 27.2. The minimum atomic E-state index is -3.51. The number of hydrogen-bond acceptors (Lipinski definition) is 3. The molecule has 0 radical (unpaired) electrons. The van der Waals surface area contributed by atoms with Gasteiger partial charge in [0.2, 0.25) is 10.0 Å². The molecular formula is C16H27NO3S. The number of sulfonamides is 1. The number of aliphatic hydroxyl groups is 1. The van der Waals surface area contributed by atoms with Gasteiger partial charge in [-0.05, 0) is 34.9 Å². The van der Waals surface area contributed by atoms with E-state index in [4.69, 9.17) is 5.11 Å². The van der Waals surface area contributed by atoms with Crippen LogP contribution in [0, 0.1) is 5.41 Å². The molecule has 0 spiro atoms. The van der Waals surface area contributed by atoms with E-state index < -0.39 is 10.0 Å². The Morgan fingerprint density at radius 2 is 1.57 bits per heavy atom. The molecule has 0 fully saturated rings. The Balaban J connectivity index is 2.84. The average Bonchev–Trinajstić information content (AvgIpc) is 2.36. The zero-order chi connectivity index (χ0) is 16.3. The van der Waals surface area contributed by atoms with Crippen LogP contribution in [0.5, 0.6) is 0 Å². The Morgan fingerprint density at radius 1 is 1.05 bits per heavy atom. The lowest BCUT2D eigenvalue weighted by atomic mass is 9.87. The fourth-order valence-corrected chi connectivity index (χ4v) is 3.14. The van der Waals surface area contributed by atoms with Gasteiger partial charge in [-0.25, -0.2) is 13.1 Å². The average molecular weight is 313 g/mol. The van der Waals surface area contributed by atoms with Crippen molar-refractivity contribution in [2.75, 3.05) is 13.2 Å². The normalized spacial score (nSPS) is 13.4. The molecule has 0 aliphatic heterocycles. The lowest BCUT2D eigenvalue weighted by Crippen LogP contribution is -2.34. The summed E-state index contributed by atoms with van der Waals surface area (Å²) in [4.78, 5) is 0.273. The van der Waals surface area contributed by atoms with Crippen molar-refractivity contribution in [3.63, 3.8) is 0 Å². The number of hydrogen-bond donors (Lipinski definition) is 2. The molecule has 0 saturated carbocycles. The third-order valence-corrected chi connectivity index (χ3v) is 4.98. The number of aliphatic hydroxyl groups excluding tert-OH is 1. The highest BCUT2D eigenvalue weighted by Crippen LogP contribution is 2.24. The molecule has 1 aromatic carbocycles. The number of rotatable bonds is 6. The predicted molar refractivity (Wildman–Crippen MR) is 85.8 cm³/mol. The summed E-state index contributed by atoms with van der Waals surface area (Å²) in [5, 5.41) is 8.98. The lowest BCUT2D eigenvalue weighted by molar-refractivity contribution is 0.213. The van der Waals surface area contributed by atoms with Crippen LogP contribution in [0.2, 0.25) is 0 Å². The van der Waals surface area contributed by atoms with Crippen LogP contribution >= 0.6 is 0 Å². The Bertz CT molecular complexity index is 554. The van der Waals surface area contributed by atoms with Crippen molar-refractivity contribution in [2.24, 2.45) is 5.41 Å². The molecule has 0 amide bonds. The fraction of sp³-hybridized carbons (Fsp3) is 0.625. The maximum absolute atomic E-state index is 12.3. The monoisotopic (exact) mass is 313 g/mol. The first-order valence-electron chi connectivity index (χ1n) is 7.19. The highest BCUT2D eigenvalue weighted by molar-refractivity contribution is 7.89. The highest BCUT2D eigenvalue weighted by atomic mass is 32.2. The molecule has 0 unspecified atom stereocenters. The van der Waals surface area contributed by atoms with Gasteiger partial charge in [-0.15, -0.1) is 0 Å². The smallest absolute Gasteiger partial charge is 0.240 e. The molecule has 0 heterocycles. The van der Waals surface area contributed by atoms with Gasteiger partial charge < -0.3 is 5.11 Å². The standard InChI is InChI=1S/C16H27NO3S/c1-15(2,3)13-6-8-14(9-7-13)21(19,20)17-12-16(4,5)10-11-18/h6-9,17-18H,10-12H2,1-5H3. The van der Waals surface area contributed by atoms with Crippen LogP contribution in [-0.4, -0.2) is 26.7 Å². The molecule has 0 aliphatic rings. The Morgan fingerprint density at radius 3 is 2.00 bits per heavy atom. The molecule has 2 N–H and O–H groups in total. The Labute approximate surface area is 128 Å². The summed E-state index contributed by atoms with van der Waals surface area (Å²) in [6, 6.07) is 6.99. The zero-order valence-corrected chi connectivity index (χ0v) is 14.4. The SMILES string of the molecule is CC(C)(CCO)CNS(=O)(=O)c1ccc(C(C)(C)C)cc1. The maximum atomic E-state index is 12.3. The van der Waals surface area contributed by atoms with Gasteiger partial charge in [0.25, 0.3) is 0 Å². The molecule has 5 heteroatoms. The third-order valence-electron chi connectivity index (χ3n) is 3.56. The van der Waals surface area contributed by atoms with Gasteiger partial charge in [-0.3, -0.25) is 0 Å². The second kappa shape index (κ2) is 6.46. The van der Waals surface area contributed by atoms with Gasteiger partial charge in [0, 0.05) is 13.2 Å². The van der Waals surface area contributed by atoms with E-state index in [1.807, 2.05) is 26.0 Å². The van der Waals surface area contributed by atoms with Gasteiger partial charge in [-0.2, -0.15) is 0 Å². The van der Waals surface area contributed by atoms with E-state index in [2.05, 4.69) is 25.5 Å². The van der Waals surface area contributed by atoms with Gasteiger partial charge in [0.1, 0.15) is 0 Å². The molecule has 0 aliphatic carbocycles. The summed E-state index contributed by atoms with van der Waals surface area (Å²) in [5.41, 5.74) is 0.827. The van der Waals surface area contributed by atoms with Crippen molar-refractivity contribution < 1.29 is 13.5 Å². The van der Waals surface area contributed by atoms with Crippen LogP contribution in [0.3, 0.4) is 0 Å². The second-order valence-corrected chi connectivity index (χ2v) is 9.00. The molecule has 1 rings (SSSR count). The van der Waals surface area contributed by atoms with E-state index in [9.17, 15) is 8.42 Å². The van der Waals surface area contributed by atoms with Gasteiger partial charge in [0.15, 0.2) is 0 Å². The van der Waals surface area contributed by atoms with Crippen molar-refractivity contribution >= 4 is 10.0 Å². The largest absolute Gasteiger partial charge is 0.396 e. The lowest BCUT2D eigenvalue weighted by Gasteiger charge is -2.24. The second-order valence-electron chi connectivity index (χ2n) is 7.24. The van der Waals surface area contributed by atoms with E-state index in [0.717, 1.165) is 5.56 Å². The minimum absolute atomic E-state index is 0.00115. The van der Waals surface area contributed by atoms with Gasteiger partial charge >= 0.3 is 0 Å². The predicted octanol–water partition coefficient (Wildman–Crippen LogP) is 2.67. The zero-order valence-electron chi connectivity index (χ0n) is 13.6. The number of benzene rings is 1. The van der Waals surface area contributed by atoms with Crippen LogP contribution in [-0.2, 0) is 15.4 Å². The summed E-state index contributed by atoms with van der Waals surface area (Å²) in [7, 11) is -3.51. The summed E-state index contributed by atoms with van der Waals surface area (Å²) in [5.74, 6) is 0. The molecule has 0 aromatic heterocycles. The molecule has 21 heavy (non-hydrogen) atoms. The quantitative estimate of drug-likeness (QED) is 0.848. The van der Waals surface area contributed by atoms with E-state index in [1.54, 1.807) is 12.1 Å². The Hall–Kier alpha value is -0.910. The molecule has 0 bridgehead atoms. The number of nitrogens with one attached hydrogen (secondary N) is 1. The summed E-state index contributed by atoms with van der Waals surface area (Å²) in [6.45, 7) is 10.5. The van der Waals surface area contributed by atoms with Crippen LogP contribution in [0.4, 0.5) is 0 Å². The third kappa shape index (κ3) is 5.41. The van der Waals surface area contributed by atoms with Crippen molar-refractivity contribution in [3.05, 3.63) is 29.8 Å². The molecule has 0 atom stereocenters. The van der Waals surface area contributed by atoms with Crippen LogP contribution < -0.4 is 4.72 Å². The van der Waals surface area contributed by atoms with E-state index in [-0.39, 0.29) is 22.3 Å². The van der Waals surface area contributed by atoms with Crippen molar-refractivity contribution in [1.82, 2.24) is 4.72 Å². The van der Waals surface area contributed by atoms with E-state index in [1.165, 1.54) is 0 Å². The van der Waals surface area contributed by atoms with Crippen molar-refractivity contribution in [3.8, 4) is 0 Å². The first-order valence-corrected chi connectivity index (χ1v) is 8.67. The van der Waals surface area contributed by atoms with Gasteiger partial charge in [-0.1, -0.05) is 46.8 Å². The molecule has 120 valence electrons. The van der Waals surface area contributed by atoms with E-state index >= 15 is 0 Å². The molecule has 4 nitrogen and oxygen atoms in total. The summed E-state index contributed by atoms with van der Waals surface area (Å²) >= 11 is 0. The van der Waals surface area contributed by atoms with Gasteiger partial charge in [0.05, 0.1) is 4.90 Å².